The minimum atomic E-state index is -0.769. The molecule has 1 aromatic heterocycles. The first-order valence-electron chi connectivity index (χ1n) is 9.18. The minimum Gasteiger partial charge on any atom is -0.447 e. The summed E-state index contributed by atoms with van der Waals surface area (Å²) in [5.74, 6) is 0.303. The predicted octanol–water partition coefficient (Wildman–Crippen LogP) is 4.54. The molecule has 0 radical (unpaired) electrons. The van der Waals surface area contributed by atoms with E-state index in [1.54, 1.807) is 6.07 Å². The Labute approximate surface area is 172 Å². The van der Waals surface area contributed by atoms with Gasteiger partial charge in [0.1, 0.15) is 5.82 Å². The molecule has 0 saturated carbocycles. The van der Waals surface area contributed by atoms with Gasteiger partial charge in [-0.25, -0.2) is 4.39 Å². The van der Waals surface area contributed by atoms with E-state index in [0.29, 0.717) is 22.1 Å². The third-order valence-corrected chi connectivity index (χ3v) is 5.26. The van der Waals surface area contributed by atoms with E-state index in [2.05, 4.69) is 15.2 Å². The molecule has 3 aromatic rings. The van der Waals surface area contributed by atoms with Crippen molar-refractivity contribution in [3.63, 3.8) is 0 Å². The van der Waals surface area contributed by atoms with Crippen LogP contribution in [-0.2, 0) is 4.79 Å². The summed E-state index contributed by atoms with van der Waals surface area (Å²) in [7, 11) is 0. The fraction of sp³-hybridized carbons (Fsp3) is 0.238. The molecule has 0 saturated heterocycles. The van der Waals surface area contributed by atoms with Gasteiger partial charge in [-0.05, 0) is 30.9 Å². The van der Waals surface area contributed by atoms with Crippen molar-refractivity contribution in [2.75, 3.05) is 10.7 Å². The smallest absolute Gasteiger partial charge is 0.247 e. The molecular formula is C21H19FN4O2S. The van der Waals surface area contributed by atoms with Gasteiger partial charge in [-0.15, -0.1) is 10.2 Å². The molecule has 8 heteroatoms. The fourth-order valence-corrected chi connectivity index (χ4v) is 3.72. The number of aromatic nitrogens is 3. The Morgan fingerprint density at radius 1 is 1.21 bits per heavy atom. The molecule has 1 aliphatic heterocycles. The van der Waals surface area contributed by atoms with Crippen LogP contribution in [0.5, 0.6) is 5.88 Å². The van der Waals surface area contributed by atoms with Crippen molar-refractivity contribution in [1.29, 1.82) is 0 Å². The third kappa shape index (κ3) is 3.67. The Hall–Kier alpha value is -3.00. The van der Waals surface area contributed by atoms with Crippen molar-refractivity contribution in [2.24, 2.45) is 0 Å². The summed E-state index contributed by atoms with van der Waals surface area (Å²) in [6.07, 6.45) is -0.769. The molecule has 0 fully saturated rings. The molecule has 0 bridgehead atoms. The number of hydrogen-bond donors (Lipinski definition) is 0. The normalized spacial score (nSPS) is 15.2. The maximum Gasteiger partial charge on any atom is 0.247 e. The van der Waals surface area contributed by atoms with Crippen LogP contribution in [0.25, 0.3) is 11.3 Å². The number of amides is 1. The first kappa shape index (κ1) is 19.3. The Bertz CT molecular complexity index is 1070. The third-order valence-electron chi connectivity index (χ3n) is 4.54. The van der Waals surface area contributed by atoms with Crippen LogP contribution in [0.4, 0.5) is 10.1 Å². The minimum absolute atomic E-state index is 0.220. The average Bonchev–Trinajstić information content (AvgIpc) is 2.83. The SMILES string of the molecule is CCSc1nnc2c(n1)O[C@H](c1ccc(C)cc1)N(C(C)=O)c1ccc(F)cc1-2. The number of halogens is 1. The zero-order chi connectivity index (χ0) is 20.5. The number of hydrogen-bond acceptors (Lipinski definition) is 6. The molecule has 1 aliphatic rings. The van der Waals surface area contributed by atoms with Crippen LogP contribution in [0.3, 0.4) is 0 Å². The molecule has 1 amide bonds. The molecule has 4 rings (SSSR count). The lowest BCUT2D eigenvalue weighted by Crippen LogP contribution is -2.36. The summed E-state index contributed by atoms with van der Waals surface area (Å²) in [6, 6.07) is 11.9. The first-order chi connectivity index (χ1) is 14.0. The summed E-state index contributed by atoms with van der Waals surface area (Å²) in [5, 5.41) is 8.84. The fourth-order valence-electron chi connectivity index (χ4n) is 3.21. The molecule has 29 heavy (non-hydrogen) atoms. The van der Waals surface area contributed by atoms with E-state index in [9.17, 15) is 9.18 Å². The van der Waals surface area contributed by atoms with Gasteiger partial charge in [0, 0.05) is 18.1 Å². The lowest BCUT2D eigenvalue weighted by atomic mass is 10.1. The summed E-state index contributed by atoms with van der Waals surface area (Å²) in [6.45, 7) is 5.42. The molecule has 1 atom stereocenters. The number of ether oxygens (including phenoxy) is 1. The Kier molecular flexibility index (Phi) is 5.19. The molecule has 0 N–H and O–H groups in total. The molecule has 2 aromatic carbocycles. The van der Waals surface area contributed by atoms with Gasteiger partial charge in [0.15, 0.2) is 5.69 Å². The van der Waals surface area contributed by atoms with E-state index in [1.807, 2.05) is 38.1 Å². The van der Waals surface area contributed by atoms with Crippen LogP contribution in [0.15, 0.2) is 47.6 Å². The maximum absolute atomic E-state index is 14.1. The van der Waals surface area contributed by atoms with Gasteiger partial charge in [0.25, 0.3) is 0 Å². The zero-order valence-corrected chi connectivity index (χ0v) is 17.0. The molecule has 0 unspecified atom stereocenters. The molecule has 0 spiro atoms. The second-order valence-corrected chi connectivity index (χ2v) is 7.84. The molecule has 0 aliphatic carbocycles. The van der Waals surface area contributed by atoms with E-state index in [0.717, 1.165) is 16.9 Å². The van der Waals surface area contributed by atoms with Crippen molar-refractivity contribution in [3.05, 3.63) is 59.4 Å². The highest BCUT2D eigenvalue weighted by Crippen LogP contribution is 2.43. The van der Waals surface area contributed by atoms with Crippen LogP contribution >= 0.6 is 11.8 Å². The average molecular weight is 410 g/mol. The van der Waals surface area contributed by atoms with Crippen LogP contribution in [0.1, 0.15) is 31.2 Å². The number of thioether (sulfide) groups is 1. The van der Waals surface area contributed by atoms with Crippen LogP contribution in [0.2, 0.25) is 0 Å². The Balaban J connectivity index is 1.96. The van der Waals surface area contributed by atoms with E-state index in [4.69, 9.17) is 4.74 Å². The number of anilines is 1. The van der Waals surface area contributed by atoms with Crippen LogP contribution < -0.4 is 9.64 Å². The predicted molar refractivity (Wildman–Crippen MR) is 109 cm³/mol. The van der Waals surface area contributed by atoms with E-state index in [1.165, 1.54) is 35.7 Å². The van der Waals surface area contributed by atoms with Crippen molar-refractivity contribution in [2.45, 2.75) is 32.2 Å². The summed E-state index contributed by atoms with van der Waals surface area (Å²) >= 11 is 1.43. The van der Waals surface area contributed by atoms with Crippen molar-refractivity contribution < 1.29 is 13.9 Å². The van der Waals surface area contributed by atoms with Gasteiger partial charge in [0.2, 0.25) is 23.2 Å². The molecular weight excluding hydrogens is 391 g/mol. The van der Waals surface area contributed by atoms with Gasteiger partial charge < -0.3 is 4.74 Å². The van der Waals surface area contributed by atoms with E-state index >= 15 is 0 Å². The number of benzene rings is 2. The van der Waals surface area contributed by atoms with Crippen molar-refractivity contribution >= 4 is 23.4 Å². The monoisotopic (exact) mass is 410 g/mol. The first-order valence-corrected chi connectivity index (χ1v) is 10.2. The standard InChI is InChI=1S/C21H19FN4O2S/c1-4-29-21-23-19-18(24-25-21)16-11-15(22)9-10-17(16)26(13(3)27)20(28-19)14-7-5-12(2)6-8-14/h5-11,20H,4H2,1-3H3/t20-/m1/s1. The highest BCUT2D eigenvalue weighted by molar-refractivity contribution is 7.99. The Morgan fingerprint density at radius 3 is 2.66 bits per heavy atom. The van der Waals surface area contributed by atoms with Crippen LogP contribution in [-0.4, -0.2) is 26.8 Å². The second kappa shape index (κ2) is 7.79. The molecule has 148 valence electrons. The van der Waals surface area contributed by atoms with Gasteiger partial charge >= 0.3 is 0 Å². The largest absolute Gasteiger partial charge is 0.447 e. The number of rotatable bonds is 3. The van der Waals surface area contributed by atoms with E-state index in [-0.39, 0.29) is 11.8 Å². The van der Waals surface area contributed by atoms with Crippen molar-refractivity contribution in [3.8, 4) is 17.1 Å². The second-order valence-electron chi connectivity index (χ2n) is 6.61. The van der Waals surface area contributed by atoms with E-state index < -0.39 is 12.0 Å². The number of aryl methyl sites for hydroxylation is 1. The number of nitrogens with zero attached hydrogens (tertiary/aromatic N) is 4. The van der Waals surface area contributed by atoms with Gasteiger partial charge in [-0.1, -0.05) is 48.5 Å². The van der Waals surface area contributed by atoms with Crippen molar-refractivity contribution in [1.82, 2.24) is 15.2 Å². The number of fused-ring (bicyclic) bond motifs is 3. The van der Waals surface area contributed by atoms with Gasteiger partial charge in [0.05, 0.1) is 5.69 Å². The highest BCUT2D eigenvalue weighted by atomic mass is 32.2. The lowest BCUT2D eigenvalue weighted by Gasteiger charge is -2.30. The lowest BCUT2D eigenvalue weighted by molar-refractivity contribution is -0.118. The van der Waals surface area contributed by atoms with Gasteiger partial charge in [-0.2, -0.15) is 4.98 Å². The zero-order valence-electron chi connectivity index (χ0n) is 16.2. The molecule has 2 heterocycles. The molecule has 6 nitrogen and oxygen atoms in total. The summed E-state index contributed by atoms with van der Waals surface area (Å²) in [5.41, 5.74) is 3.08. The maximum atomic E-state index is 14.1. The van der Waals surface area contributed by atoms with Gasteiger partial charge in [-0.3, -0.25) is 9.69 Å². The number of carbonyl (C=O) groups is 1. The summed E-state index contributed by atoms with van der Waals surface area (Å²) < 4.78 is 20.3. The summed E-state index contributed by atoms with van der Waals surface area (Å²) in [4.78, 5) is 18.6. The Morgan fingerprint density at radius 2 is 1.97 bits per heavy atom. The highest BCUT2D eigenvalue weighted by Gasteiger charge is 2.34. The van der Waals surface area contributed by atoms with Crippen LogP contribution in [0, 0.1) is 12.7 Å². The quantitative estimate of drug-likeness (QED) is 0.591. The topological polar surface area (TPSA) is 68.2 Å². The number of carbonyl (C=O) groups excluding carboxylic acids is 1.